The molecule has 18 heteroatoms. The third kappa shape index (κ3) is 9.18. The molecule has 3 aliphatic heterocycles. The molecule has 73 heavy (non-hydrogen) atoms. The van der Waals surface area contributed by atoms with E-state index in [-0.39, 0.29) is 42.9 Å². The van der Waals surface area contributed by atoms with E-state index in [0.717, 1.165) is 0 Å². The Balaban J connectivity index is 1.32. The van der Waals surface area contributed by atoms with Gasteiger partial charge in [0.05, 0.1) is 55.5 Å². The second-order valence-corrected chi connectivity index (χ2v) is 22.3. The average molecular weight is 1020 g/mol. The van der Waals surface area contributed by atoms with Crippen LogP contribution in [0.15, 0.2) is 72.3 Å². The number of aliphatic hydroxyl groups is 1. The topological polar surface area (TPSA) is 210 Å². The normalized spacial score (nSPS) is 34.5. The summed E-state index contributed by atoms with van der Waals surface area (Å²) in [6, 6.07) is 12.4. The minimum atomic E-state index is -1.93. The van der Waals surface area contributed by atoms with Crippen molar-refractivity contribution in [3.63, 3.8) is 0 Å². The Hall–Kier alpha value is -5.53. The molecule has 5 fully saturated rings. The first-order valence-corrected chi connectivity index (χ1v) is 25.0. The summed E-state index contributed by atoms with van der Waals surface area (Å²) >= 11 is 0. The van der Waals surface area contributed by atoms with Crippen LogP contribution in [0.4, 0.5) is 4.79 Å². The van der Waals surface area contributed by atoms with Crippen LogP contribution in [0.1, 0.15) is 118 Å². The maximum absolute atomic E-state index is 15.4. The SMILES string of the molecule is C=CC1O[C@H]2C[C@H]3OC[C@@]3(OC(C)=O)[C@H]3[C@H](OC(=O)c4ccccc4)[C@]4(C(C)(C)O)C[C@H](OC(=O)[C@@H]5OC(c6ccc(OC)cc6OC)N(C(=O)OC(C)(C)C)[C@H]5CC(C)C)C(C)=C4[C@H](OC(C)=O)[C@H](O1)[C@]23C. The van der Waals surface area contributed by atoms with Crippen molar-refractivity contribution in [3.8, 4) is 11.5 Å². The molecule has 1 amide bonds. The molecule has 1 N–H and O–H groups in total. The van der Waals surface area contributed by atoms with Crippen LogP contribution in [0.5, 0.6) is 11.5 Å². The highest BCUT2D eigenvalue weighted by Gasteiger charge is 2.81. The van der Waals surface area contributed by atoms with Crippen molar-refractivity contribution in [1.82, 2.24) is 4.90 Å². The Labute approximate surface area is 426 Å². The van der Waals surface area contributed by atoms with Gasteiger partial charge in [-0.05, 0) is 95.4 Å². The monoisotopic (exact) mass is 1020 g/mol. The van der Waals surface area contributed by atoms with Crippen LogP contribution < -0.4 is 9.47 Å². The van der Waals surface area contributed by atoms with E-state index in [1.807, 2.05) is 20.8 Å². The van der Waals surface area contributed by atoms with E-state index in [4.69, 9.17) is 52.1 Å². The number of carbonyl (C=O) groups excluding carboxylic acids is 5. The predicted molar refractivity (Wildman–Crippen MR) is 260 cm³/mol. The third-order valence-electron chi connectivity index (χ3n) is 15.7. The Kier molecular flexibility index (Phi) is 14.5. The highest BCUT2D eigenvalue weighted by atomic mass is 16.7. The third-order valence-corrected chi connectivity index (χ3v) is 15.7. The number of methoxy groups -OCH3 is 2. The Morgan fingerprint density at radius 1 is 0.918 bits per heavy atom. The number of fused-ring (bicyclic) bond motifs is 3. The quantitative estimate of drug-likeness (QED) is 0.118. The molecule has 8 rings (SSSR count). The van der Waals surface area contributed by atoms with Crippen molar-refractivity contribution < 1.29 is 81.2 Å². The van der Waals surface area contributed by atoms with Gasteiger partial charge in [-0.25, -0.2) is 14.4 Å². The molecule has 398 valence electrons. The zero-order valence-corrected chi connectivity index (χ0v) is 44.1. The number of hydrogen-bond donors (Lipinski definition) is 1. The molecule has 0 radical (unpaired) electrons. The number of esters is 4. The van der Waals surface area contributed by atoms with Gasteiger partial charge in [-0.3, -0.25) is 14.5 Å². The first-order chi connectivity index (χ1) is 34.3. The summed E-state index contributed by atoms with van der Waals surface area (Å²) in [5.74, 6) is -3.35. The molecule has 3 aliphatic carbocycles. The first kappa shape index (κ1) is 53.8. The van der Waals surface area contributed by atoms with E-state index >= 15 is 4.79 Å². The molecule has 0 bridgehead atoms. The molecule has 14 atom stereocenters. The van der Waals surface area contributed by atoms with Crippen molar-refractivity contribution in [2.45, 2.75) is 174 Å². The highest BCUT2D eigenvalue weighted by Crippen LogP contribution is 2.70. The molecule has 2 saturated carbocycles. The molecule has 2 aromatic rings. The van der Waals surface area contributed by atoms with E-state index in [0.29, 0.717) is 22.6 Å². The summed E-state index contributed by atoms with van der Waals surface area (Å²) in [4.78, 5) is 73.2. The summed E-state index contributed by atoms with van der Waals surface area (Å²) in [5.41, 5.74) is -6.28. The van der Waals surface area contributed by atoms with Gasteiger partial charge in [0.2, 0.25) is 0 Å². The Bertz CT molecular complexity index is 2510. The van der Waals surface area contributed by atoms with Crippen LogP contribution in [0.25, 0.3) is 0 Å². The number of nitrogens with zero attached hydrogens (tertiary/aromatic N) is 1. The predicted octanol–water partition coefficient (Wildman–Crippen LogP) is 7.34. The maximum Gasteiger partial charge on any atom is 0.413 e. The molecule has 6 aliphatic rings. The molecule has 18 nitrogen and oxygen atoms in total. The molecular formula is C55H71NO17. The van der Waals surface area contributed by atoms with Crippen molar-refractivity contribution >= 4 is 30.0 Å². The Morgan fingerprint density at radius 3 is 2.18 bits per heavy atom. The molecule has 3 heterocycles. The zero-order valence-electron chi connectivity index (χ0n) is 44.1. The second kappa shape index (κ2) is 19.6. The van der Waals surface area contributed by atoms with Gasteiger partial charge in [0.1, 0.15) is 41.5 Å². The summed E-state index contributed by atoms with van der Waals surface area (Å²) in [7, 11) is 2.98. The average Bonchev–Trinajstić information content (AvgIpc) is 3.80. The summed E-state index contributed by atoms with van der Waals surface area (Å²) in [6.45, 7) is 22.2. The largest absolute Gasteiger partial charge is 0.497 e. The number of rotatable bonds is 13. The molecule has 0 spiro atoms. The van der Waals surface area contributed by atoms with Crippen LogP contribution >= 0.6 is 0 Å². The Morgan fingerprint density at radius 2 is 1.62 bits per heavy atom. The van der Waals surface area contributed by atoms with Gasteiger partial charge in [0, 0.05) is 43.7 Å². The molecule has 2 aromatic carbocycles. The number of hydrogen-bond acceptors (Lipinski definition) is 17. The van der Waals surface area contributed by atoms with Gasteiger partial charge >= 0.3 is 30.0 Å². The lowest BCUT2D eigenvalue weighted by molar-refractivity contribution is -0.392. The minimum absolute atomic E-state index is 0.0772. The van der Waals surface area contributed by atoms with E-state index in [2.05, 4.69) is 6.58 Å². The lowest BCUT2D eigenvalue weighted by atomic mass is 9.49. The van der Waals surface area contributed by atoms with E-state index in [1.165, 1.54) is 39.0 Å². The number of ether oxygens (including phenoxy) is 11. The lowest BCUT2D eigenvalue weighted by Gasteiger charge is -2.67. The minimum Gasteiger partial charge on any atom is -0.497 e. The summed E-state index contributed by atoms with van der Waals surface area (Å²) < 4.78 is 70.2. The standard InChI is InChI=1S/C55H71NO17/c1-15-40-68-38-25-39-55(27-65-39,72-31(6)58)44-46(71-48(59)32-19-17-16-18-20-32)54(52(10,11)62)26-37(29(4)41(54)43(66-30(5)57)45(69-40)53(38,44)12)67-49(60)42-35(23-28(2)3)56(50(61)73-51(7,8)9)47(70-42)34-22-21-33(63-13)24-36(34)64-14/h15-22,24,28,35,37-40,42-47,62H,1,23,25-27H2,2-14H3/t35-,37-,38-,39+,40?,42+,43-,44-,45-,46-,47?,53+,54-,55-/m0/s1. The van der Waals surface area contributed by atoms with Crippen LogP contribution in [0.3, 0.4) is 0 Å². The van der Waals surface area contributed by atoms with Crippen LogP contribution in [-0.4, -0.2) is 133 Å². The van der Waals surface area contributed by atoms with Crippen LogP contribution in [0, 0.1) is 22.7 Å². The zero-order chi connectivity index (χ0) is 53.3. The second-order valence-electron chi connectivity index (χ2n) is 22.3. The van der Waals surface area contributed by atoms with E-state index < -0.39 is 125 Å². The van der Waals surface area contributed by atoms with Gasteiger partial charge < -0.3 is 57.2 Å². The summed E-state index contributed by atoms with van der Waals surface area (Å²) in [6.07, 6.45) is -9.45. The summed E-state index contributed by atoms with van der Waals surface area (Å²) in [5, 5.41) is 13.2. The molecule has 0 aromatic heterocycles. The van der Waals surface area contributed by atoms with E-state index in [1.54, 1.807) is 90.1 Å². The van der Waals surface area contributed by atoms with Crippen LogP contribution in [-0.2, 0) is 57.0 Å². The van der Waals surface area contributed by atoms with Gasteiger partial charge in [-0.15, -0.1) is 0 Å². The van der Waals surface area contributed by atoms with Gasteiger partial charge in [0.25, 0.3) is 0 Å². The number of benzene rings is 2. The molecular weight excluding hydrogens is 947 g/mol. The van der Waals surface area contributed by atoms with Crippen molar-refractivity contribution in [2.75, 3.05) is 20.8 Å². The van der Waals surface area contributed by atoms with Crippen molar-refractivity contribution in [2.24, 2.45) is 22.7 Å². The fraction of sp³-hybridized carbons (Fsp3) is 0.618. The van der Waals surface area contributed by atoms with Crippen molar-refractivity contribution in [3.05, 3.63) is 83.5 Å². The molecule has 2 unspecified atom stereocenters. The fourth-order valence-corrected chi connectivity index (χ4v) is 12.8. The molecule has 3 saturated heterocycles. The number of carbonyl (C=O) groups is 5. The van der Waals surface area contributed by atoms with Gasteiger partial charge in [-0.1, -0.05) is 45.5 Å². The maximum atomic E-state index is 15.4. The van der Waals surface area contributed by atoms with Crippen LogP contribution in [0.2, 0.25) is 0 Å². The van der Waals surface area contributed by atoms with Gasteiger partial charge in [-0.2, -0.15) is 0 Å². The number of amides is 1. The fourth-order valence-electron chi connectivity index (χ4n) is 12.8. The lowest BCUT2D eigenvalue weighted by Crippen LogP contribution is -2.80. The van der Waals surface area contributed by atoms with Crippen molar-refractivity contribution in [1.29, 1.82) is 0 Å². The first-order valence-electron chi connectivity index (χ1n) is 25.0. The smallest absolute Gasteiger partial charge is 0.413 e. The highest BCUT2D eigenvalue weighted by molar-refractivity contribution is 5.89. The van der Waals surface area contributed by atoms with E-state index in [9.17, 15) is 24.3 Å². The van der Waals surface area contributed by atoms with Gasteiger partial charge in [0.15, 0.2) is 30.3 Å².